The number of nitrogens with one attached hydrogen (secondary N) is 2. The van der Waals surface area contributed by atoms with Gasteiger partial charge in [0.2, 0.25) is 11.8 Å². The molecule has 3 aromatic rings. The number of benzene rings is 2. The Balaban J connectivity index is 1.52. The van der Waals surface area contributed by atoms with Crippen LogP contribution in [0.15, 0.2) is 60.8 Å². The number of amides is 2. The largest absolute Gasteiger partial charge is 0.372 e. The van der Waals surface area contributed by atoms with E-state index in [-0.39, 0.29) is 34.6 Å². The van der Waals surface area contributed by atoms with Crippen LogP contribution in [0.2, 0.25) is 0 Å². The van der Waals surface area contributed by atoms with E-state index in [1.165, 1.54) is 18.3 Å². The van der Waals surface area contributed by atoms with Crippen molar-refractivity contribution in [3.63, 3.8) is 0 Å². The molecule has 1 aliphatic carbocycles. The van der Waals surface area contributed by atoms with E-state index in [0.29, 0.717) is 5.56 Å². The summed E-state index contributed by atoms with van der Waals surface area (Å²) < 4.78 is 41.6. The highest BCUT2D eigenvalue weighted by atomic mass is 19.3. The third-order valence-electron chi connectivity index (χ3n) is 7.18. The number of alkyl halides is 2. The molecular weight excluding hydrogens is 537 g/mol. The van der Waals surface area contributed by atoms with Gasteiger partial charge >= 0.3 is 0 Å². The first-order valence-electron chi connectivity index (χ1n) is 12.7. The van der Waals surface area contributed by atoms with Crippen LogP contribution in [0, 0.1) is 28.5 Å². The Morgan fingerprint density at radius 1 is 1.12 bits per heavy atom. The summed E-state index contributed by atoms with van der Waals surface area (Å²) in [5.41, 5.74) is 0.545. The third kappa shape index (κ3) is 5.55. The van der Waals surface area contributed by atoms with E-state index < -0.39 is 60.6 Å². The van der Waals surface area contributed by atoms with Crippen molar-refractivity contribution in [2.75, 3.05) is 10.2 Å². The Labute approximate surface area is 232 Å². The van der Waals surface area contributed by atoms with Crippen LogP contribution in [0.3, 0.4) is 0 Å². The summed E-state index contributed by atoms with van der Waals surface area (Å²) in [6.07, 6.45) is -1.51. The van der Waals surface area contributed by atoms with Gasteiger partial charge in [-0.2, -0.15) is 10.5 Å². The van der Waals surface area contributed by atoms with Crippen molar-refractivity contribution >= 4 is 23.3 Å². The zero-order valence-corrected chi connectivity index (χ0v) is 21.4. The zero-order chi connectivity index (χ0) is 29.3. The number of anilines is 2. The average Bonchev–Trinajstić information content (AvgIpc) is 3.23. The van der Waals surface area contributed by atoms with Gasteiger partial charge in [0.05, 0.1) is 23.3 Å². The monoisotopic (exact) mass is 560 g/mol. The first-order chi connectivity index (χ1) is 19.6. The number of nitriles is 2. The van der Waals surface area contributed by atoms with Gasteiger partial charge in [-0.15, -0.1) is 0 Å². The molecule has 9 nitrogen and oxygen atoms in total. The molecule has 2 heterocycles. The molecule has 12 heteroatoms. The molecule has 2 aliphatic rings. The molecule has 208 valence electrons. The van der Waals surface area contributed by atoms with E-state index in [2.05, 4.69) is 15.6 Å². The molecule has 0 spiro atoms. The Hall–Kier alpha value is -4.94. The standard InChI is InChI=1S/C29H23F3N6O3/c30-19-9-18(15-34)25(21-11-24(39)38(28(21)41)23-8-16(14-33)6-7-35-23)22(10-19)37-26(17-4-2-1-3-5-17)27(40)36-20-12-29(31,32)13-20/h1-10,20-21,26,28,37,41H,11-13H2,(H,36,40)/t21?,26-,28+/m0/s1. The highest BCUT2D eigenvalue weighted by Crippen LogP contribution is 2.42. The van der Waals surface area contributed by atoms with Crippen molar-refractivity contribution in [2.45, 2.75) is 49.4 Å². The van der Waals surface area contributed by atoms with Gasteiger partial charge in [-0.3, -0.25) is 14.5 Å². The molecule has 1 unspecified atom stereocenters. The van der Waals surface area contributed by atoms with Crippen molar-refractivity contribution in [1.29, 1.82) is 10.5 Å². The molecule has 2 amide bonds. The van der Waals surface area contributed by atoms with Gasteiger partial charge in [-0.1, -0.05) is 30.3 Å². The summed E-state index contributed by atoms with van der Waals surface area (Å²) in [6, 6.07) is 15.0. The maximum atomic E-state index is 14.7. The van der Waals surface area contributed by atoms with Crippen LogP contribution in [0.5, 0.6) is 0 Å². The van der Waals surface area contributed by atoms with Gasteiger partial charge in [0, 0.05) is 48.7 Å². The molecule has 3 atom stereocenters. The van der Waals surface area contributed by atoms with Crippen molar-refractivity contribution in [3.05, 3.63) is 88.9 Å². The van der Waals surface area contributed by atoms with Gasteiger partial charge in [-0.25, -0.2) is 18.2 Å². The minimum absolute atomic E-state index is 0.0259. The van der Waals surface area contributed by atoms with Crippen molar-refractivity contribution in [3.8, 4) is 12.1 Å². The number of aliphatic hydroxyl groups excluding tert-OH is 1. The van der Waals surface area contributed by atoms with Gasteiger partial charge in [0.15, 0.2) is 0 Å². The maximum Gasteiger partial charge on any atom is 0.252 e. The van der Waals surface area contributed by atoms with E-state index in [4.69, 9.17) is 0 Å². The lowest BCUT2D eigenvalue weighted by Gasteiger charge is -2.36. The first kappa shape index (κ1) is 27.6. The minimum Gasteiger partial charge on any atom is -0.372 e. The Kier molecular flexibility index (Phi) is 7.35. The lowest BCUT2D eigenvalue weighted by molar-refractivity contribution is -0.130. The molecule has 1 aliphatic heterocycles. The number of aliphatic hydroxyl groups is 1. The molecule has 2 fully saturated rings. The van der Waals surface area contributed by atoms with E-state index in [9.17, 15) is 38.4 Å². The van der Waals surface area contributed by atoms with Gasteiger partial charge < -0.3 is 15.7 Å². The normalized spacial score (nSPS) is 20.4. The fraction of sp³-hybridized carbons (Fsp3) is 0.276. The quantitative estimate of drug-likeness (QED) is 0.398. The predicted molar refractivity (Wildman–Crippen MR) is 140 cm³/mol. The van der Waals surface area contributed by atoms with E-state index >= 15 is 0 Å². The van der Waals surface area contributed by atoms with Crippen LogP contribution in [0.4, 0.5) is 24.7 Å². The van der Waals surface area contributed by atoms with E-state index in [0.717, 1.165) is 17.0 Å². The van der Waals surface area contributed by atoms with Crippen LogP contribution < -0.4 is 15.5 Å². The number of hydrogen-bond acceptors (Lipinski definition) is 7. The predicted octanol–water partition coefficient (Wildman–Crippen LogP) is 3.87. The summed E-state index contributed by atoms with van der Waals surface area (Å²) >= 11 is 0. The fourth-order valence-electron chi connectivity index (χ4n) is 5.23. The van der Waals surface area contributed by atoms with Gasteiger partial charge in [0.25, 0.3) is 5.92 Å². The summed E-state index contributed by atoms with van der Waals surface area (Å²) in [6.45, 7) is 0. The van der Waals surface area contributed by atoms with Crippen LogP contribution in [-0.4, -0.2) is 40.1 Å². The number of halogens is 3. The second-order valence-corrected chi connectivity index (χ2v) is 9.99. The molecule has 1 aromatic heterocycles. The van der Waals surface area contributed by atoms with Crippen molar-refractivity contribution < 1.29 is 27.9 Å². The first-order valence-corrected chi connectivity index (χ1v) is 12.7. The Bertz CT molecular complexity index is 1580. The number of pyridine rings is 1. The van der Waals surface area contributed by atoms with Gasteiger partial charge in [0.1, 0.15) is 23.9 Å². The molecule has 2 aromatic carbocycles. The summed E-state index contributed by atoms with van der Waals surface area (Å²) in [4.78, 5) is 31.5. The van der Waals surface area contributed by atoms with Crippen LogP contribution >= 0.6 is 0 Å². The lowest BCUT2D eigenvalue weighted by atomic mass is 9.87. The summed E-state index contributed by atoms with van der Waals surface area (Å²) in [5, 5.41) is 35.9. The molecule has 0 bridgehead atoms. The maximum absolute atomic E-state index is 14.7. The topological polar surface area (TPSA) is 142 Å². The smallest absolute Gasteiger partial charge is 0.252 e. The van der Waals surface area contributed by atoms with Gasteiger partial charge in [-0.05, 0) is 29.8 Å². The SMILES string of the molecule is N#Cc1ccnc(N2C(=O)CC(c3c(C#N)cc(F)cc3N[C@H](C(=O)NC3CC(F)(F)C3)c3ccccc3)[C@H]2O)c1. The highest BCUT2D eigenvalue weighted by molar-refractivity contribution is 5.97. The Morgan fingerprint density at radius 2 is 1.85 bits per heavy atom. The molecule has 5 rings (SSSR count). The van der Waals surface area contributed by atoms with Crippen molar-refractivity contribution in [2.24, 2.45) is 0 Å². The zero-order valence-electron chi connectivity index (χ0n) is 21.4. The third-order valence-corrected chi connectivity index (χ3v) is 7.18. The van der Waals surface area contributed by atoms with E-state index in [1.54, 1.807) is 30.3 Å². The number of carbonyl (C=O) groups excluding carboxylic acids is 2. The van der Waals surface area contributed by atoms with Crippen molar-refractivity contribution in [1.82, 2.24) is 10.3 Å². The number of hydrogen-bond donors (Lipinski definition) is 3. The van der Waals surface area contributed by atoms with E-state index in [1.807, 2.05) is 12.1 Å². The number of rotatable bonds is 7. The molecule has 1 saturated carbocycles. The number of carbonyl (C=O) groups is 2. The molecule has 0 radical (unpaired) electrons. The average molecular weight is 561 g/mol. The summed E-state index contributed by atoms with van der Waals surface area (Å²) in [7, 11) is 0. The molecular formula is C29H23F3N6O3. The lowest BCUT2D eigenvalue weighted by Crippen LogP contribution is -2.52. The second kappa shape index (κ2) is 10.9. The molecule has 41 heavy (non-hydrogen) atoms. The van der Waals surface area contributed by atoms with Crippen LogP contribution in [0.1, 0.15) is 53.5 Å². The molecule has 3 N–H and O–H groups in total. The van der Waals surface area contributed by atoms with Crippen LogP contribution in [-0.2, 0) is 9.59 Å². The second-order valence-electron chi connectivity index (χ2n) is 9.99. The molecule has 1 saturated heterocycles. The Morgan fingerprint density at radius 3 is 2.51 bits per heavy atom. The number of nitrogens with zero attached hydrogens (tertiary/aromatic N) is 4. The highest BCUT2D eigenvalue weighted by Gasteiger charge is 2.47. The number of aromatic nitrogens is 1. The van der Waals surface area contributed by atoms with Crippen LogP contribution in [0.25, 0.3) is 0 Å². The fourth-order valence-corrected chi connectivity index (χ4v) is 5.23. The minimum atomic E-state index is -2.86. The summed E-state index contributed by atoms with van der Waals surface area (Å²) in [5.74, 6) is -5.88.